The van der Waals surface area contributed by atoms with E-state index in [0.717, 1.165) is 42.0 Å². The van der Waals surface area contributed by atoms with Crippen LogP contribution in [-0.2, 0) is 19.5 Å². The topological polar surface area (TPSA) is 71.4 Å². The third-order valence-corrected chi connectivity index (χ3v) is 4.24. The van der Waals surface area contributed by atoms with Gasteiger partial charge in [-0.3, -0.25) is 5.10 Å². The Balaban J connectivity index is 1.44. The summed E-state index contributed by atoms with van der Waals surface area (Å²) in [4.78, 5) is 4.24. The Hall–Kier alpha value is -2.54. The van der Waals surface area contributed by atoms with Crippen molar-refractivity contribution in [1.29, 1.82) is 0 Å². The van der Waals surface area contributed by atoms with Crippen LogP contribution in [-0.4, -0.2) is 31.0 Å². The smallest absolute Gasteiger partial charge is 0.138 e. The number of H-pyrrole nitrogens is 1. The molecule has 4 rings (SSSR count). The first kappa shape index (κ1) is 14.1. The van der Waals surface area contributed by atoms with E-state index in [1.807, 2.05) is 10.9 Å². The molecule has 0 spiro atoms. The highest BCUT2D eigenvalue weighted by Gasteiger charge is 2.19. The third kappa shape index (κ3) is 2.87. The minimum Gasteiger partial charge on any atom is -0.308 e. The zero-order chi connectivity index (χ0) is 15.6. The second-order valence-electron chi connectivity index (χ2n) is 5.75. The lowest BCUT2D eigenvalue weighted by Gasteiger charge is -2.23. The van der Waals surface area contributed by atoms with Crippen LogP contribution in [0.25, 0.3) is 11.3 Å². The second kappa shape index (κ2) is 5.92. The number of aromatic nitrogens is 5. The predicted octanol–water partition coefficient (Wildman–Crippen LogP) is 1.91. The number of fused-ring (bicyclic) bond motifs is 1. The SMILES string of the molecule is Fc1ccc(-c2[nH]ncc2CNC2CCc3ncnn3C2)cc1. The van der Waals surface area contributed by atoms with Gasteiger partial charge in [-0.05, 0) is 30.7 Å². The maximum Gasteiger partial charge on any atom is 0.138 e. The minimum absolute atomic E-state index is 0.237. The average Bonchev–Trinajstić information content (AvgIpc) is 3.22. The number of aromatic amines is 1. The van der Waals surface area contributed by atoms with Crippen molar-refractivity contribution in [2.75, 3.05) is 0 Å². The fraction of sp³-hybridized carbons (Fsp3) is 0.312. The molecule has 1 unspecified atom stereocenters. The van der Waals surface area contributed by atoms with Gasteiger partial charge in [0, 0.05) is 30.1 Å². The van der Waals surface area contributed by atoms with Crippen LogP contribution in [0.1, 0.15) is 17.8 Å². The maximum absolute atomic E-state index is 13.1. The summed E-state index contributed by atoms with van der Waals surface area (Å²) in [6.45, 7) is 1.54. The number of hydrogen-bond donors (Lipinski definition) is 2. The zero-order valence-electron chi connectivity index (χ0n) is 12.5. The molecule has 23 heavy (non-hydrogen) atoms. The molecule has 0 amide bonds. The summed E-state index contributed by atoms with van der Waals surface area (Å²) in [7, 11) is 0. The molecule has 0 bridgehead atoms. The van der Waals surface area contributed by atoms with E-state index in [9.17, 15) is 4.39 Å². The van der Waals surface area contributed by atoms with Crippen LogP contribution >= 0.6 is 0 Å². The van der Waals surface area contributed by atoms with Gasteiger partial charge in [0.2, 0.25) is 0 Å². The zero-order valence-corrected chi connectivity index (χ0v) is 12.5. The Bertz CT molecular complexity index is 791. The van der Waals surface area contributed by atoms with Crippen molar-refractivity contribution in [2.24, 2.45) is 0 Å². The Labute approximate surface area is 132 Å². The van der Waals surface area contributed by atoms with E-state index in [4.69, 9.17) is 0 Å². The van der Waals surface area contributed by atoms with Crippen LogP contribution in [0.5, 0.6) is 0 Å². The van der Waals surface area contributed by atoms with Gasteiger partial charge < -0.3 is 5.32 Å². The highest BCUT2D eigenvalue weighted by Crippen LogP contribution is 2.21. The first-order valence-corrected chi connectivity index (χ1v) is 7.68. The van der Waals surface area contributed by atoms with Crippen molar-refractivity contribution in [3.05, 3.63) is 54.0 Å². The van der Waals surface area contributed by atoms with E-state index in [-0.39, 0.29) is 5.82 Å². The van der Waals surface area contributed by atoms with Crippen molar-refractivity contribution < 1.29 is 4.39 Å². The standard InChI is InChI=1S/C16H17FN6/c17-13-3-1-11(2-4-13)16-12(8-20-22-16)7-18-14-5-6-15-19-10-21-23(15)9-14/h1-4,8,10,14,18H,5-7,9H2,(H,20,22). The summed E-state index contributed by atoms with van der Waals surface area (Å²) >= 11 is 0. The van der Waals surface area contributed by atoms with E-state index in [0.29, 0.717) is 12.6 Å². The lowest BCUT2D eigenvalue weighted by Crippen LogP contribution is -2.37. The number of hydrogen-bond acceptors (Lipinski definition) is 4. The average molecular weight is 312 g/mol. The van der Waals surface area contributed by atoms with Gasteiger partial charge in [-0.15, -0.1) is 0 Å². The Kier molecular flexibility index (Phi) is 3.63. The molecule has 1 aliphatic rings. The summed E-state index contributed by atoms with van der Waals surface area (Å²) in [5, 5.41) is 14.9. The molecular weight excluding hydrogens is 295 g/mol. The molecule has 2 aromatic heterocycles. The number of nitrogens with zero attached hydrogens (tertiary/aromatic N) is 4. The molecule has 1 aliphatic heterocycles. The maximum atomic E-state index is 13.1. The quantitative estimate of drug-likeness (QED) is 0.772. The first-order valence-electron chi connectivity index (χ1n) is 7.68. The fourth-order valence-electron chi connectivity index (χ4n) is 2.97. The van der Waals surface area contributed by atoms with E-state index < -0.39 is 0 Å². The molecule has 7 heteroatoms. The molecule has 3 aromatic rings. The summed E-state index contributed by atoms with van der Waals surface area (Å²) in [6, 6.07) is 6.80. The molecule has 1 atom stereocenters. The van der Waals surface area contributed by atoms with Crippen molar-refractivity contribution in [3.63, 3.8) is 0 Å². The van der Waals surface area contributed by atoms with Gasteiger partial charge in [0.05, 0.1) is 18.4 Å². The highest BCUT2D eigenvalue weighted by atomic mass is 19.1. The van der Waals surface area contributed by atoms with E-state index >= 15 is 0 Å². The van der Waals surface area contributed by atoms with Crippen molar-refractivity contribution in [3.8, 4) is 11.3 Å². The summed E-state index contributed by atoms with van der Waals surface area (Å²) in [5.41, 5.74) is 2.93. The molecule has 0 aliphatic carbocycles. The molecule has 0 saturated heterocycles. The second-order valence-corrected chi connectivity index (χ2v) is 5.75. The van der Waals surface area contributed by atoms with Gasteiger partial charge in [-0.1, -0.05) is 0 Å². The molecular formula is C16H17FN6. The molecule has 0 saturated carbocycles. The number of nitrogens with one attached hydrogen (secondary N) is 2. The Morgan fingerprint density at radius 3 is 3.04 bits per heavy atom. The van der Waals surface area contributed by atoms with Gasteiger partial charge in [0.1, 0.15) is 18.0 Å². The highest BCUT2D eigenvalue weighted by molar-refractivity contribution is 5.62. The number of benzene rings is 1. The monoisotopic (exact) mass is 312 g/mol. The molecule has 6 nitrogen and oxygen atoms in total. The van der Waals surface area contributed by atoms with Crippen LogP contribution in [0.4, 0.5) is 4.39 Å². The Morgan fingerprint density at radius 1 is 1.30 bits per heavy atom. The predicted molar refractivity (Wildman–Crippen MR) is 83.0 cm³/mol. The molecule has 1 aromatic carbocycles. The fourth-order valence-corrected chi connectivity index (χ4v) is 2.97. The molecule has 3 heterocycles. The number of aryl methyl sites for hydroxylation is 1. The van der Waals surface area contributed by atoms with E-state index in [2.05, 4.69) is 25.6 Å². The molecule has 118 valence electrons. The third-order valence-electron chi connectivity index (χ3n) is 4.24. The van der Waals surface area contributed by atoms with Crippen LogP contribution in [0.3, 0.4) is 0 Å². The van der Waals surface area contributed by atoms with Crippen molar-refractivity contribution in [1.82, 2.24) is 30.3 Å². The van der Waals surface area contributed by atoms with Gasteiger partial charge >= 0.3 is 0 Å². The Morgan fingerprint density at radius 2 is 2.17 bits per heavy atom. The van der Waals surface area contributed by atoms with Gasteiger partial charge in [-0.2, -0.15) is 10.2 Å². The van der Waals surface area contributed by atoms with E-state index in [1.54, 1.807) is 18.5 Å². The van der Waals surface area contributed by atoms with Crippen LogP contribution in [0.15, 0.2) is 36.8 Å². The van der Waals surface area contributed by atoms with Gasteiger partial charge in [-0.25, -0.2) is 14.1 Å². The van der Waals surface area contributed by atoms with Crippen LogP contribution in [0.2, 0.25) is 0 Å². The van der Waals surface area contributed by atoms with Crippen molar-refractivity contribution in [2.45, 2.75) is 32.0 Å². The van der Waals surface area contributed by atoms with Gasteiger partial charge in [0.15, 0.2) is 0 Å². The summed E-state index contributed by atoms with van der Waals surface area (Å²) in [6.07, 6.45) is 5.41. The lowest BCUT2D eigenvalue weighted by atomic mass is 10.1. The number of rotatable bonds is 4. The van der Waals surface area contributed by atoms with E-state index in [1.165, 1.54) is 12.1 Å². The largest absolute Gasteiger partial charge is 0.308 e. The first-order chi connectivity index (χ1) is 11.3. The minimum atomic E-state index is -0.237. The lowest BCUT2D eigenvalue weighted by molar-refractivity contribution is 0.358. The molecule has 0 radical (unpaired) electrons. The van der Waals surface area contributed by atoms with Crippen LogP contribution < -0.4 is 5.32 Å². The molecule has 0 fully saturated rings. The van der Waals surface area contributed by atoms with Gasteiger partial charge in [0.25, 0.3) is 0 Å². The summed E-state index contributed by atoms with van der Waals surface area (Å²) < 4.78 is 15.0. The molecule has 2 N–H and O–H groups in total. The number of halogens is 1. The summed E-state index contributed by atoms with van der Waals surface area (Å²) in [5.74, 6) is 0.817. The normalized spacial score (nSPS) is 17.2. The van der Waals surface area contributed by atoms with Crippen LogP contribution in [0, 0.1) is 5.82 Å². The van der Waals surface area contributed by atoms with Crippen molar-refractivity contribution >= 4 is 0 Å².